The molecule has 9 nitrogen and oxygen atoms in total. The number of nitrogens with zero attached hydrogens (tertiary/aromatic N) is 2. The van der Waals surface area contributed by atoms with Gasteiger partial charge < -0.3 is 15.5 Å². The standard InChI is InChI=1S/C26H33FN4O5S/c1-37(35,36)31(23-10-5-9-22(27)17-23)19-26(34)30-16-6-14-28-24(32)12-11-21(13-15-29-25(33)18-30)20-7-3-2-4-8-20/h2-5,7-10,17,21H,6,11-16,18-19H2,1H3,(H,28,32)(H,29,33). The van der Waals surface area contributed by atoms with E-state index in [4.69, 9.17) is 0 Å². The number of amides is 3. The number of sulfonamides is 1. The van der Waals surface area contributed by atoms with Gasteiger partial charge in [0.2, 0.25) is 27.7 Å². The van der Waals surface area contributed by atoms with E-state index in [9.17, 15) is 27.2 Å². The van der Waals surface area contributed by atoms with Crippen molar-refractivity contribution in [3.8, 4) is 0 Å². The van der Waals surface area contributed by atoms with Crippen LogP contribution in [0.3, 0.4) is 0 Å². The Hall–Kier alpha value is -3.47. The number of anilines is 1. The first kappa shape index (κ1) is 28.1. The highest BCUT2D eigenvalue weighted by Gasteiger charge is 2.26. The summed E-state index contributed by atoms with van der Waals surface area (Å²) < 4.78 is 39.3. The van der Waals surface area contributed by atoms with Crippen molar-refractivity contribution in [3.05, 3.63) is 66.0 Å². The summed E-state index contributed by atoms with van der Waals surface area (Å²) in [5.41, 5.74) is 1.10. The van der Waals surface area contributed by atoms with E-state index >= 15 is 0 Å². The predicted molar refractivity (Wildman–Crippen MR) is 139 cm³/mol. The molecule has 1 aliphatic rings. The van der Waals surface area contributed by atoms with E-state index in [0.717, 1.165) is 22.2 Å². The molecule has 3 amide bonds. The fourth-order valence-electron chi connectivity index (χ4n) is 4.26. The van der Waals surface area contributed by atoms with Crippen LogP contribution in [0.4, 0.5) is 10.1 Å². The van der Waals surface area contributed by atoms with Gasteiger partial charge in [-0.15, -0.1) is 0 Å². The largest absolute Gasteiger partial charge is 0.356 e. The molecule has 1 saturated heterocycles. The van der Waals surface area contributed by atoms with E-state index < -0.39 is 28.3 Å². The summed E-state index contributed by atoms with van der Waals surface area (Å²) in [7, 11) is -3.91. The fourth-order valence-corrected chi connectivity index (χ4v) is 5.10. The lowest BCUT2D eigenvalue weighted by Crippen LogP contribution is -2.47. The van der Waals surface area contributed by atoms with Crippen LogP contribution in [0.25, 0.3) is 0 Å². The third-order valence-electron chi connectivity index (χ3n) is 6.20. The van der Waals surface area contributed by atoms with Crippen LogP contribution in [0.1, 0.15) is 37.2 Å². The lowest BCUT2D eigenvalue weighted by atomic mass is 9.91. The summed E-state index contributed by atoms with van der Waals surface area (Å²) in [6.07, 6.45) is 2.92. The van der Waals surface area contributed by atoms with Crippen LogP contribution in [0.5, 0.6) is 0 Å². The molecule has 11 heteroatoms. The summed E-state index contributed by atoms with van der Waals surface area (Å²) in [4.78, 5) is 39.5. The predicted octanol–water partition coefficient (Wildman–Crippen LogP) is 2.01. The summed E-state index contributed by atoms with van der Waals surface area (Å²) in [5.74, 6) is -1.61. The average Bonchev–Trinajstić information content (AvgIpc) is 2.85. The molecule has 1 heterocycles. The van der Waals surface area contributed by atoms with Crippen LogP contribution < -0.4 is 14.9 Å². The molecule has 0 radical (unpaired) electrons. The van der Waals surface area contributed by atoms with Gasteiger partial charge in [-0.1, -0.05) is 36.4 Å². The Morgan fingerprint density at radius 2 is 1.76 bits per heavy atom. The van der Waals surface area contributed by atoms with Gasteiger partial charge in [0.15, 0.2) is 0 Å². The van der Waals surface area contributed by atoms with Gasteiger partial charge >= 0.3 is 0 Å². The van der Waals surface area contributed by atoms with Crippen LogP contribution in [-0.4, -0.2) is 70.0 Å². The zero-order chi connectivity index (χ0) is 26.8. The Balaban J connectivity index is 1.72. The first-order valence-electron chi connectivity index (χ1n) is 12.2. The van der Waals surface area contributed by atoms with Gasteiger partial charge in [0, 0.05) is 26.1 Å². The molecule has 2 aromatic carbocycles. The second-order valence-corrected chi connectivity index (χ2v) is 11.0. The van der Waals surface area contributed by atoms with Crippen molar-refractivity contribution < 1.29 is 27.2 Å². The Morgan fingerprint density at radius 1 is 1.03 bits per heavy atom. The SMILES string of the molecule is CS(=O)(=O)N(CC(=O)N1CCCNC(=O)CCC(c2ccccc2)CCNC(=O)C1)c1cccc(F)c1. The molecular formula is C26H33FN4O5S. The normalized spacial score (nSPS) is 18.3. The number of rotatable bonds is 5. The highest BCUT2D eigenvalue weighted by Crippen LogP contribution is 2.24. The summed E-state index contributed by atoms with van der Waals surface area (Å²) in [6.45, 7) is -0.0395. The third-order valence-corrected chi connectivity index (χ3v) is 7.34. The van der Waals surface area contributed by atoms with Crippen molar-refractivity contribution in [3.63, 3.8) is 0 Å². The van der Waals surface area contributed by atoms with Crippen molar-refractivity contribution in [2.75, 3.05) is 43.3 Å². The minimum absolute atomic E-state index is 0.0154. The lowest BCUT2D eigenvalue weighted by molar-refractivity contribution is -0.134. The van der Waals surface area contributed by atoms with Crippen molar-refractivity contribution in [2.24, 2.45) is 0 Å². The zero-order valence-corrected chi connectivity index (χ0v) is 21.7. The van der Waals surface area contributed by atoms with Crippen LogP contribution in [-0.2, 0) is 24.4 Å². The van der Waals surface area contributed by atoms with Crippen LogP contribution in [0.2, 0.25) is 0 Å². The van der Waals surface area contributed by atoms with Gasteiger partial charge in [-0.05, 0) is 48.9 Å². The second kappa shape index (κ2) is 13.2. The van der Waals surface area contributed by atoms with Gasteiger partial charge in [-0.3, -0.25) is 18.7 Å². The number of halogens is 1. The molecule has 2 aromatic rings. The molecule has 200 valence electrons. The molecule has 0 aliphatic carbocycles. The van der Waals surface area contributed by atoms with Gasteiger partial charge in [0.25, 0.3) is 0 Å². The maximum absolute atomic E-state index is 13.7. The number of carbonyl (C=O) groups excluding carboxylic acids is 3. The Labute approximate surface area is 217 Å². The number of hydrogen-bond donors (Lipinski definition) is 2. The number of benzene rings is 2. The molecule has 1 unspecified atom stereocenters. The Kier molecular flexibility index (Phi) is 10.0. The molecule has 1 atom stereocenters. The molecule has 2 N–H and O–H groups in total. The average molecular weight is 533 g/mol. The third kappa shape index (κ3) is 8.85. The highest BCUT2D eigenvalue weighted by molar-refractivity contribution is 7.92. The topological polar surface area (TPSA) is 116 Å². The van der Waals surface area contributed by atoms with Crippen molar-refractivity contribution in [2.45, 2.75) is 31.6 Å². The number of hydrogen-bond acceptors (Lipinski definition) is 5. The summed E-state index contributed by atoms with van der Waals surface area (Å²) in [6, 6.07) is 14.8. The molecule has 0 spiro atoms. The van der Waals surface area contributed by atoms with Gasteiger partial charge in [-0.25, -0.2) is 12.8 Å². The molecule has 0 bridgehead atoms. The van der Waals surface area contributed by atoms with E-state index in [1.807, 2.05) is 30.3 Å². The zero-order valence-electron chi connectivity index (χ0n) is 20.9. The Morgan fingerprint density at radius 3 is 2.46 bits per heavy atom. The number of nitrogens with one attached hydrogen (secondary N) is 2. The van der Waals surface area contributed by atoms with Crippen LogP contribution >= 0.6 is 0 Å². The first-order valence-corrected chi connectivity index (χ1v) is 14.1. The molecule has 0 aromatic heterocycles. The molecule has 3 rings (SSSR count). The highest BCUT2D eigenvalue weighted by atomic mass is 32.2. The van der Waals surface area contributed by atoms with Crippen LogP contribution in [0.15, 0.2) is 54.6 Å². The van der Waals surface area contributed by atoms with Crippen LogP contribution in [0, 0.1) is 5.82 Å². The van der Waals surface area contributed by atoms with E-state index in [1.54, 1.807) is 0 Å². The summed E-state index contributed by atoms with van der Waals surface area (Å²) >= 11 is 0. The van der Waals surface area contributed by atoms with E-state index in [-0.39, 0.29) is 36.5 Å². The van der Waals surface area contributed by atoms with Gasteiger partial charge in [0.1, 0.15) is 12.4 Å². The fraction of sp³-hybridized carbons (Fsp3) is 0.423. The smallest absolute Gasteiger partial charge is 0.243 e. The van der Waals surface area contributed by atoms with Crippen molar-refractivity contribution >= 4 is 33.4 Å². The molecular weight excluding hydrogens is 499 g/mol. The maximum atomic E-state index is 13.7. The molecule has 1 fully saturated rings. The monoisotopic (exact) mass is 532 g/mol. The number of carbonyl (C=O) groups is 3. The summed E-state index contributed by atoms with van der Waals surface area (Å²) in [5, 5.41) is 5.69. The van der Waals surface area contributed by atoms with Crippen molar-refractivity contribution in [1.29, 1.82) is 0 Å². The van der Waals surface area contributed by atoms with E-state index in [2.05, 4.69) is 10.6 Å². The quantitative estimate of drug-likeness (QED) is 0.611. The molecule has 1 aliphatic heterocycles. The van der Waals surface area contributed by atoms with Crippen molar-refractivity contribution in [1.82, 2.24) is 15.5 Å². The second-order valence-electron chi connectivity index (χ2n) is 9.05. The molecule has 37 heavy (non-hydrogen) atoms. The minimum Gasteiger partial charge on any atom is -0.356 e. The maximum Gasteiger partial charge on any atom is 0.243 e. The molecule has 0 saturated carbocycles. The van der Waals surface area contributed by atoms with E-state index in [0.29, 0.717) is 38.8 Å². The van der Waals surface area contributed by atoms with Gasteiger partial charge in [-0.2, -0.15) is 0 Å². The van der Waals surface area contributed by atoms with E-state index in [1.165, 1.54) is 23.1 Å². The Bertz CT molecular complexity index is 1190. The lowest BCUT2D eigenvalue weighted by Gasteiger charge is -2.27. The first-order chi connectivity index (χ1) is 17.6. The minimum atomic E-state index is -3.91. The van der Waals surface area contributed by atoms with Gasteiger partial charge in [0.05, 0.1) is 18.5 Å².